The molecule has 0 saturated carbocycles. The Morgan fingerprint density at radius 2 is 1.84 bits per heavy atom. The lowest BCUT2D eigenvalue weighted by Gasteiger charge is -2.16. The second-order valence-corrected chi connectivity index (χ2v) is 4.39. The number of halogens is 1. The predicted octanol–water partition coefficient (Wildman–Crippen LogP) is 2.07. The summed E-state index contributed by atoms with van der Waals surface area (Å²) in [4.78, 5) is 26.0. The standard InChI is InChI=1S/C14H17FN2O2/c1-10(18)17(4)13-9-11(5-6-12(13)15)14(19)7-8-16(2)3/h5-9H,1-4H3. The Morgan fingerprint density at radius 3 is 2.37 bits per heavy atom. The smallest absolute Gasteiger partial charge is 0.223 e. The third-order valence-electron chi connectivity index (χ3n) is 2.59. The molecule has 1 aromatic rings. The molecule has 1 aromatic carbocycles. The van der Waals surface area contributed by atoms with Gasteiger partial charge in [-0.15, -0.1) is 0 Å². The average molecular weight is 264 g/mol. The minimum Gasteiger partial charge on any atom is -0.383 e. The normalized spacial score (nSPS) is 10.6. The second kappa shape index (κ2) is 6.13. The largest absolute Gasteiger partial charge is 0.383 e. The fraction of sp³-hybridized carbons (Fsp3) is 0.286. The third-order valence-corrected chi connectivity index (χ3v) is 2.59. The van der Waals surface area contributed by atoms with E-state index in [-0.39, 0.29) is 17.4 Å². The number of amides is 1. The van der Waals surface area contributed by atoms with Crippen LogP contribution < -0.4 is 4.90 Å². The second-order valence-electron chi connectivity index (χ2n) is 4.39. The van der Waals surface area contributed by atoms with Gasteiger partial charge in [0, 0.05) is 45.9 Å². The summed E-state index contributed by atoms with van der Waals surface area (Å²) < 4.78 is 13.6. The summed E-state index contributed by atoms with van der Waals surface area (Å²) in [6.45, 7) is 1.33. The van der Waals surface area contributed by atoms with Gasteiger partial charge in [0.15, 0.2) is 5.78 Å². The highest BCUT2D eigenvalue weighted by atomic mass is 19.1. The fourth-order valence-corrected chi connectivity index (χ4v) is 1.41. The fourth-order valence-electron chi connectivity index (χ4n) is 1.41. The first kappa shape index (κ1) is 14.9. The van der Waals surface area contributed by atoms with Crippen molar-refractivity contribution in [3.63, 3.8) is 0 Å². The van der Waals surface area contributed by atoms with Crippen LogP contribution in [0.2, 0.25) is 0 Å². The number of anilines is 1. The average Bonchev–Trinajstić information content (AvgIpc) is 2.35. The summed E-state index contributed by atoms with van der Waals surface area (Å²) in [7, 11) is 5.05. The minimum atomic E-state index is -0.536. The van der Waals surface area contributed by atoms with Gasteiger partial charge in [-0.1, -0.05) is 0 Å². The molecule has 0 N–H and O–H groups in total. The Kier molecular flexibility index (Phi) is 4.80. The Labute approximate surface area is 112 Å². The summed E-state index contributed by atoms with van der Waals surface area (Å²) in [6.07, 6.45) is 3.00. The van der Waals surface area contributed by atoms with Crippen molar-refractivity contribution >= 4 is 17.4 Å². The highest BCUT2D eigenvalue weighted by Crippen LogP contribution is 2.20. The monoisotopic (exact) mass is 264 g/mol. The maximum absolute atomic E-state index is 13.6. The lowest BCUT2D eigenvalue weighted by atomic mass is 10.1. The number of carbonyl (C=O) groups excluding carboxylic acids is 2. The van der Waals surface area contributed by atoms with Crippen molar-refractivity contribution < 1.29 is 14.0 Å². The van der Waals surface area contributed by atoms with Gasteiger partial charge >= 0.3 is 0 Å². The molecule has 0 aliphatic rings. The van der Waals surface area contributed by atoms with Crippen molar-refractivity contribution in [3.05, 3.63) is 41.9 Å². The molecule has 5 heteroatoms. The molecule has 0 spiro atoms. The Hall–Kier alpha value is -2.17. The van der Waals surface area contributed by atoms with Crippen LogP contribution in [0, 0.1) is 5.82 Å². The Bertz CT molecular complexity index is 524. The van der Waals surface area contributed by atoms with Crippen LogP contribution in [0.25, 0.3) is 0 Å². The molecule has 102 valence electrons. The van der Waals surface area contributed by atoms with Gasteiger partial charge in [0.05, 0.1) is 5.69 Å². The van der Waals surface area contributed by atoms with Crippen LogP contribution in [-0.4, -0.2) is 37.7 Å². The zero-order valence-corrected chi connectivity index (χ0v) is 11.5. The van der Waals surface area contributed by atoms with Crippen molar-refractivity contribution in [3.8, 4) is 0 Å². The summed E-state index contributed by atoms with van der Waals surface area (Å²) in [6, 6.07) is 3.96. The van der Waals surface area contributed by atoms with E-state index >= 15 is 0 Å². The number of allylic oxidation sites excluding steroid dienone is 1. The minimum absolute atomic E-state index is 0.0941. The molecule has 0 saturated heterocycles. The highest BCUT2D eigenvalue weighted by molar-refractivity contribution is 6.05. The van der Waals surface area contributed by atoms with Gasteiger partial charge in [-0.05, 0) is 18.2 Å². The number of nitrogens with zero attached hydrogens (tertiary/aromatic N) is 2. The molecule has 19 heavy (non-hydrogen) atoms. The van der Waals surface area contributed by atoms with Crippen LogP contribution in [0.15, 0.2) is 30.5 Å². The lowest BCUT2D eigenvalue weighted by molar-refractivity contribution is -0.116. The predicted molar refractivity (Wildman–Crippen MR) is 72.6 cm³/mol. The molecule has 1 amide bonds. The molecule has 0 heterocycles. The van der Waals surface area contributed by atoms with Gasteiger partial charge in [-0.25, -0.2) is 4.39 Å². The van der Waals surface area contributed by atoms with Crippen LogP contribution in [0.3, 0.4) is 0 Å². The van der Waals surface area contributed by atoms with Crippen molar-refractivity contribution in [1.82, 2.24) is 4.90 Å². The van der Waals surface area contributed by atoms with E-state index in [9.17, 15) is 14.0 Å². The van der Waals surface area contributed by atoms with Gasteiger partial charge in [0.25, 0.3) is 0 Å². The SMILES string of the molecule is CC(=O)N(C)c1cc(C(=O)C=CN(C)C)ccc1F. The number of hydrogen-bond donors (Lipinski definition) is 0. The zero-order chi connectivity index (χ0) is 14.6. The maximum atomic E-state index is 13.6. The summed E-state index contributed by atoms with van der Waals surface area (Å²) in [5, 5.41) is 0. The molecule has 0 aliphatic carbocycles. The van der Waals surface area contributed by atoms with Gasteiger partial charge in [-0.3, -0.25) is 9.59 Å². The molecule has 0 atom stereocenters. The first-order valence-electron chi connectivity index (χ1n) is 5.75. The van der Waals surface area contributed by atoms with Crippen molar-refractivity contribution in [2.75, 3.05) is 26.0 Å². The number of benzene rings is 1. The van der Waals surface area contributed by atoms with Gasteiger partial charge in [0.2, 0.25) is 5.91 Å². The zero-order valence-electron chi connectivity index (χ0n) is 11.5. The van der Waals surface area contributed by atoms with Crippen molar-refractivity contribution in [2.24, 2.45) is 0 Å². The van der Waals surface area contributed by atoms with E-state index < -0.39 is 5.82 Å². The van der Waals surface area contributed by atoms with Crippen molar-refractivity contribution in [1.29, 1.82) is 0 Å². The van der Waals surface area contributed by atoms with Crippen LogP contribution >= 0.6 is 0 Å². The molecular formula is C14H17FN2O2. The summed E-state index contributed by atoms with van der Waals surface area (Å²) in [5.74, 6) is -1.08. The molecule has 0 aromatic heterocycles. The molecule has 0 aliphatic heterocycles. The first-order chi connectivity index (χ1) is 8.82. The van der Waals surface area contributed by atoms with E-state index in [0.717, 1.165) is 0 Å². The molecule has 0 radical (unpaired) electrons. The van der Waals surface area contributed by atoms with Crippen LogP contribution in [0.4, 0.5) is 10.1 Å². The quantitative estimate of drug-likeness (QED) is 0.617. The van der Waals surface area contributed by atoms with E-state index in [0.29, 0.717) is 5.56 Å². The van der Waals surface area contributed by atoms with E-state index in [4.69, 9.17) is 0 Å². The molecule has 0 fully saturated rings. The summed E-state index contributed by atoms with van der Waals surface area (Å²) >= 11 is 0. The number of ketones is 1. The molecular weight excluding hydrogens is 247 g/mol. The van der Waals surface area contributed by atoms with Crippen LogP contribution in [0.1, 0.15) is 17.3 Å². The molecule has 0 unspecified atom stereocenters. The number of rotatable bonds is 4. The number of carbonyl (C=O) groups is 2. The van der Waals surface area contributed by atoms with Gasteiger partial charge in [0.1, 0.15) is 5.82 Å². The first-order valence-corrected chi connectivity index (χ1v) is 5.75. The molecule has 0 bridgehead atoms. The Balaban J connectivity index is 3.09. The van der Waals surface area contributed by atoms with E-state index in [1.807, 2.05) is 0 Å². The molecule has 4 nitrogen and oxygen atoms in total. The van der Waals surface area contributed by atoms with E-state index in [2.05, 4.69) is 0 Å². The van der Waals surface area contributed by atoms with E-state index in [1.54, 1.807) is 25.2 Å². The van der Waals surface area contributed by atoms with Crippen LogP contribution in [0.5, 0.6) is 0 Å². The van der Waals surface area contributed by atoms with E-state index in [1.165, 1.54) is 43.1 Å². The lowest BCUT2D eigenvalue weighted by Crippen LogP contribution is -2.24. The number of hydrogen-bond acceptors (Lipinski definition) is 3. The summed E-state index contributed by atoms with van der Waals surface area (Å²) in [5.41, 5.74) is 0.430. The molecule has 1 rings (SSSR count). The van der Waals surface area contributed by atoms with Gasteiger partial charge < -0.3 is 9.80 Å². The van der Waals surface area contributed by atoms with Crippen LogP contribution in [-0.2, 0) is 4.79 Å². The van der Waals surface area contributed by atoms with Crippen molar-refractivity contribution in [2.45, 2.75) is 6.92 Å². The Morgan fingerprint density at radius 1 is 1.21 bits per heavy atom. The third kappa shape index (κ3) is 3.91. The highest BCUT2D eigenvalue weighted by Gasteiger charge is 2.13. The van der Waals surface area contributed by atoms with Gasteiger partial charge in [-0.2, -0.15) is 0 Å². The topological polar surface area (TPSA) is 40.6 Å². The maximum Gasteiger partial charge on any atom is 0.223 e.